The third-order valence-electron chi connectivity index (χ3n) is 4.21. The van der Waals surface area contributed by atoms with Crippen LogP contribution in [0.3, 0.4) is 0 Å². The van der Waals surface area contributed by atoms with E-state index < -0.39 is 34.5 Å². The van der Waals surface area contributed by atoms with Crippen LogP contribution in [-0.4, -0.2) is 46.5 Å². The largest absolute Gasteiger partial charge is 0.462 e. The zero-order valence-electron chi connectivity index (χ0n) is 18.3. The third kappa shape index (κ3) is 6.62. The molecule has 0 aliphatic carbocycles. The molecule has 0 aliphatic rings. The fraction of sp³-hybridized carbons (Fsp3) is 0.381. The van der Waals surface area contributed by atoms with Gasteiger partial charge in [-0.15, -0.1) is 11.3 Å². The van der Waals surface area contributed by atoms with E-state index in [1.54, 1.807) is 12.3 Å². The molecule has 1 amide bonds. The summed E-state index contributed by atoms with van der Waals surface area (Å²) in [5.74, 6) is -1.73. The van der Waals surface area contributed by atoms with E-state index in [4.69, 9.17) is 9.47 Å². The Hall–Kier alpha value is -2.76. The summed E-state index contributed by atoms with van der Waals surface area (Å²) in [7, 11) is -2.47. The summed E-state index contributed by atoms with van der Waals surface area (Å²) in [5.41, 5.74) is 1.06. The number of carbonyl (C=O) groups is 3. The second-order valence-corrected chi connectivity index (χ2v) is 9.91. The summed E-state index contributed by atoms with van der Waals surface area (Å²) in [6.07, 6.45) is 0.640. The number of sulfonamides is 1. The van der Waals surface area contributed by atoms with E-state index >= 15 is 0 Å². The van der Waals surface area contributed by atoms with Crippen LogP contribution in [0.5, 0.6) is 0 Å². The average Bonchev–Trinajstić information content (AvgIpc) is 3.13. The maximum Gasteiger partial charge on any atom is 0.341 e. The lowest BCUT2D eigenvalue weighted by Crippen LogP contribution is -2.22. The zero-order chi connectivity index (χ0) is 23.9. The van der Waals surface area contributed by atoms with Crippen molar-refractivity contribution in [1.29, 1.82) is 0 Å². The van der Waals surface area contributed by atoms with Crippen molar-refractivity contribution in [2.75, 3.05) is 25.6 Å². The van der Waals surface area contributed by atoms with Crippen molar-refractivity contribution < 1.29 is 32.3 Å². The highest BCUT2D eigenvalue weighted by atomic mass is 32.2. The standard InChI is InChI=1S/C21H26N2O7S2/c1-5-29-21(26)18-15(9-13(2)3)12-31-19(18)23-17(24)11-30-20(25)14-7-6-8-16(10-14)32(27,28)22-4/h6-8,10,12-13,22H,5,9,11H2,1-4H3,(H,23,24). The van der Waals surface area contributed by atoms with Crippen molar-refractivity contribution in [1.82, 2.24) is 4.72 Å². The number of benzene rings is 1. The molecule has 0 spiro atoms. The summed E-state index contributed by atoms with van der Waals surface area (Å²) >= 11 is 1.19. The van der Waals surface area contributed by atoms with Crippen LogP contribution in [0.25, 0.3) is 0 Å². The first-order valence-corrected chi connectivity index (χ1v) is 12.2. The number of nitrogens with one attached hydrogen (secondary N) is 2. The minimum Gasteiger partial charge on any atom is -0.462 e. The van der Waals surface area contributed by atoms with Gasteiger partial charge in [0.2, 0.25) is 10.0 Å². The van der Waals surface area contributed by atoms with Gasteiger partial charge in [0.05, 0.1) is 22.6 Å². The first kappa shape index (κ1) is 25.5. The Kier molecular flexibility index (Phi) is 8.93. The van der Waals surface area contributed by atoms with Gasteiger partial charge in [0.1, 0.15) is 5.00 Å². The van der Waals surface area contributed by atoms with Crippen molar-refractivity contribution >= 4 is 44.2 Å². The quantitative estimate of drug-likeness (QED) is 0.498. The lowest BCUT2D eigenvalue weighted by atomic mass is 10.0. The molecule has 1 aromatic heterocycles. The predicted octanol–water partition coefficient (Wildman–Crippen LogP) is 2.83. The molecule has 1 heterocycles. The van der Waals surface area contributed by atoms with Gasteiger partial charge in [-0.05, 0) is 55.5 Å². The Morgan fingerprint density at radius 3 is 2.47 bits per heavy atom. The second-order valence-electron chi connectivity index (χ2n) is 7.14. The lowest BCUT2D eigenvalue weighted by molar-refractivity contribution is -0.119. The number of carbonyl (C=O) groups excluding carboxylic acids is 3. The first-order valence-electron chi connectivity index (χ1n) is 9.87. The molecule has 2 aromatic rings. The zero-order valence-corrected chi connectivity index (χ0v) is 19.9. The Morgan fingerprint density at radius 2 is 1.84 bits per heavy atom. The molecule has 32 heavy (non-hydrogen) atoms. The minimum atomic E-state index is -3.73. The average molecular weight is 483 g/mol. The van der Waals surface area contributed by atoms with Crippen molar-refractivity contribution in [3.8, 4) is 0 Å². The van der Waals surface area contributed by atoms with Crippen molar-refractivity contribution in [3.63, 3.8) is 0 Å². The lowest BCUT2D eigenvalue weighted by Gasteiger charge is -2.10. The van der Waals surface area contributed by atoms with Gasteiger partial charge in [-0.2, -0.15) is 0 Å². The predicted molar refractivity (Wildman–Crippen MR) is 120 cm³/mol. The Morgan fingerprint density at radius 1 is 1.12 bits per heavy atom. The van der Waals surface area contributed by atoms with Gasteiger partial charge in [-0.1, -0.05) is 19.9 Å². The number of esters is 2. The monoisotopic (exact) mass is 482 g/mol. The van der Waals surface area contributed by atoms with Crippen LogP contribution in [-0.2, 0) is 30.7 Å². The molecule has 0 unspecified atom stereocenters. The van der Waals surface area contributed by atoms with Gasteiger partial charge >= 0.3 is 11.9 Å². The van der Waals surface area contributed by atoms with E-state index in [1.807, 2.05) is 13.8 Å². The van der Waals surface area contributed by atoms with Crippen molar-refractivity contribution in [2.45, 2.75) is 32.1 Å². The number of thiophene rings is 1. The Balaban J connectivity index is 2.09. The number of rotatable bonds is 10. The highest BCUT2D eigenvalue weighted by Gasteiger charge is 2.23. The molecular formula is C21H26N2O7S2. The molecule has 0 bridgehead atoms. The molecule has 2 N–H and O–H groups in total. The molecule has 0 radical (unpaired) electrons. The Bertz CT molecular complexity index is 1090. The third-order valence-corrected chi connectivity index (χ3v) is 6.57. The van der Waals surface area contributed by atoms with Gasteiger partial charge in [0.15, 0.2) is 6.61 Å². The molecule has 0 aliphatic heterocycles. The van der Waals surface area contributed by atoms with E-state index in [1.165, 1.54) is 36.6 Å². The van der Waals surface area contributed by atoms with Crippen molar-refractivity contribution in [3.05, 3.63) is 46.3 Å². The van der Waals surface area contributed by atoms with Crippen LogP contribution in [0.4, 0.5) is 5.00 Å². The second kappa shape index (κ2) is 11.2. The summed E-state index contributed by atoms with van der Waals surface area (Å²) < 4.78 is 36.0. The molecule has 1 aromatic carbocycles. The molecule has 9 nitrogen and oxygen atoms in total. The van der Waals surface area contributed by atoms with Crippen LogP contribution < -0.4 is 10.0 Å². The van der Waals surface area contributed by atoms with E-state index in [9.17, 15) is 22.8 Å². The maximum atomic E-state index is 12.4. The molecule has 2 rings (SSSR count). The number of hydrogen-bond donors (Lipinski definition) is 2. The van der Waals surface area contributed by atoms with Crippen LogP contribution in [0.2, 0.25) is 0 Å². The minimum absolute atomic E-state index is 0.0170. The number of anilines is 1. The molecule has 0 saturated heterocycles. The van der Waals surface area contributed by atoms with Crippen LogP contribution in [0.1, 0.15) is 47.1 Å². The molecular weight excluding hydrogens is 456 g/mol. The number of amides is 1. The van der Waals surface area contributed by atoms with Gasteiger partial charge < -0.3 is 14.8 Å². The summed E-state index contributed by atoms with van der Waals surface area (Å²) in [5, 5.41) is 4.71. The fourth-order valence-electron chi connectivity index (χ4n) is 2.79. The molecule has 0 atom stereocenters. The van der Waals surface area contributed by atoms with Gasteiger partial charge in [-0.3, -0.25) is 4.79 Å². The first-order chi connectivity index (χ1) is 15.1. The normalized spacial score (nSPS) is 11.3. The molecule has 11 heteroatoms. The van der Waals surface area contributed by atoms with Crippen LogP contribution in [0, 0.1) is 5.92 Å². The van der Waals surface area contributed by atoms with E-state index in [-0.39, 0.29) is 17.1 Å². The molecule has 0 saturated carbocycles. The SMILES string of the molecule is CCOC(=O)c1c(CC(C)C)csc1NC(=O)COC(=O)c1cccc(S(=O)(=O)NC)c1. The van der Waals surface area contributed by atoms with Gasteiger partial charge in [0.25, 0.3) is 5.91 Å². The highest BCUT2D eigenvalue weighted by Crippen LogP contribution is 2.31. The van der Waals surface area contributed by atoms with Gasteiger partial charge in [-0.25, -0.2) is 22.7 Å². The van der Waals surface area contributed by atoms with Gasteiger partial charge in [0, 0.05) is 0 Å². The van der Waals surface area contributed by atoms with E-state index in [2.05, 4.69) is 10.0 Å². The topological polar surface area (TPSA) is 128 Å². The molecule has 0 fully saturated rings. The number of ether oxygens (including phenoxy) is 2. The maximum absolute atomic E-state index is 12.4. The summed E-state index contributed by atoms with van der Waals surface area (Å²) in [4.78, 5) is 36.9. The fourth-order valence-corrected chi connectivity index (χ4v) is 4.54. The highest BCUT2D eigenvalue weighted by molar-refractivity contribution is 7.89. The Labute approximate surface area is 191 Å². The smallest absolute Gasteiger partial charge is 0.341 e. The number of hydrogen-bond acceptors (Lipinski definition) is 8. The van der Waals surface area contributed by atoms with Crippen LogP contribution in [0.15, 0.2) is 34.5 Å². The van der Waals surface area contributed by atoms with E-state index in [0.717, 1.165) is 11.6 Å². The van der Waals surface area contributed by atoms with Crippen molar-refractivity contribution in [2.24, 2.45) is 5.92 Å². The molecule has 174 valence electrons. The summed E-state index contributed by atoms with van der Waals surface area (Å²) in [6, 6.07) is 5.26. The van der Waals surface area contributed by atoms with Crippen LogP contribution >= 0.6 is 11.3 Å². The summed E-state index contributed by atoms with van der Waals surface area (Å²) in [6.45, 7) is 5.31. The van der Waals surface area contributed by atoms with E-state index in [0.29, 0.717) is 22.9 Å².